The Morgan fingerprint density at radius 2 is 1.28 bits per heavy atom. The van der Waals surface area contributed by atoms with E-state index in [4.69, 9.17) is 33.2 Å². The zero-order valence-corrected chi connectivity index (χ0v) is 32.7. The van der Waals surface area contributed by atoms with Crippen molar-refractivity contribution >= 4 is 5.91 Å². The molecule has 0 radical (unpaired) electrons. The third-order valence-corrected chi connectivity index (χ3v) is 16.7. The van der Waals surface area contributed by atoms with Crippen molar-refractivity contribution in [3.8, 4) is 0 Å². The van der Waals surface area contributed by atoms with Crippen LogP contribution >= 0.6 is 0 Å². The molecule has 2 bridgehead atoms. The quantitative estimate of drug-likeness (QED) is 0.251. The van der Waals surface area contributed by atoms with Crippen molar-refractivity contribution in [2.75, 3.05) is 0 Å². The van der Waals surface area contributed by atoms with Gasteiger partial charge in [0.05, 0.1) is 48.3 Å². The largest absolute Gasteiger partial charge is 0.390 e. The Morgan fingerprint density at radius 1 is 0.667 bits per heavy atom. The van der Waals surface area contributed by atoms with Gasteiger partial charge in [-0.25, -0.2) is 0 Å². The van der Waals surface area contributed by atoms with Gasteiger partial charge in [-0.2, -0.15) is 0 Å². The van der Waals surface area contributed by atoms with Gasteiger partial charge in [0, 0.05) is 37.0 Å². The summed E-state index contributed by atoms with van der Waals surface area (Å²) in [7, 11) is 0. The topological polar surface area (TPSA) is 175 Å². The minimum atomic E-state index is -0.989. The molecule has 22 atom stereocenters. The number of amides is 1. The van der Waals surface area contributed by atoms with Crippen LogP contribution in [0.2, 0.25) is 0 Å². The Morgan fingerprint density at radius 3 is 1.93 bits per heavy atom. The molecule has 13 nitrogen and oxygen atoms in total. The van der Waals surface area contributed by atoms with Crippen LogP contribution < -0.4 is 5.32 Å². The lowest BCUT2D eigenvalue weighted by atomic mass is 9.42. The highest BCUT2D eigenvalue weighted by molar-refractivity contribution is 5.79. The van der Waals surface area contributed by atoms with Gasteiger partial charge in [0.2, 0.25) is 5.91 Å². The highest BCUT2D eigenvalue weighted by atomic mass is 16.7. The van der Waals surface area contributed by atoms with Crippen molar-refractivity contribution in [2.24, 2.45) is 40.4 Å². The third kappa shape index (κ3) is 6.16. The van der Waals surface area contributed by atoms with E-state index in [-0.39, 0.29) is 47.5 Å². The Bertz CT molecular complexity index is 1370. The van der Waals surface area contributed by atoms with Gasteiger partial charge in [-0.3, -0.25) is 4.79 Å². The van der Waals surface area contributed by atoms with Gasteiger partial charge in [-0.1, -0.05) is 13.8 Å². The second-order valence-electron chi connectivity index (χ2n) is 19.4. The molecule has 13 heteroatoms. The predicted octanol–water partition coefficient (Wildman–Crippen LogP) is 3.26. The van der Waals surface area contributed by atoms with E-state index in [9.17, 15) is 25.2 Å². The Balaban J connectivity index is 0.776. The molecule has 0 spiro atoms. The fraction of sp³-hybridized carbons (Fsp3) is 0.976. The van der Waals surface area contributed by atoms with Crippen LogP contribution in [0.25, 0.3) is 0 Å². The lowest BCUT2D eigenvalue weighted by Gasteiger charge is -2.67. The summed E-state index contributed by atoms with van der Waals surface area (Å²) >= 11 is 0. The van der Waals surface area contributed by atoms with Crippen molar-refractivity contribution in [2.45, 2.75) is 210 Å². The number of ether oxygens (including phenoxy) is 7. The summed E-state index contributed by atoms with van der Waals surface area (Å²) in [5, 5.41) is 45.7. The Labute approximate surface area is 319 Å². The molecule has 0 aromatic rings. The molecule has 5 saturated heterocycles. The van der Waals surface area contributed by atoms with Crippen molar-refractivity contribution in [1.82, 2.24) is 5.32 Å². The monoisotopic (exact) mass is 763 g/mol. The Kier molecular flexibility index (Phi) is 10.1. The van der Waals surface area contributed by atoms with Gasteiger partial charge in [0.15, 0.2) is 18.9 Å². The number of fused-ring (bicyclic) bond motifs is 5. The van der Waals surface area contributed by atoms with Gasteiger partial charge in [-0.15, -0.1) is 0 Å². The molecule has 4 aliphatic carbocycles. The summed E-state index contributed by atoms with van der Waals surface area (Å²) in [6.45, 7) is 10.4. The number of aliphatic hydroxyl groups excluding tert-OH is 4. The number of carbonyl (C=O) groups is 1. The molecule has 5 heterocycles. The first-order valence-corrected chi connectivity index (χ1v) is 21.3. The first kappa shape index (κ1) is 38.5. The van der Waals surface area contributed by atoms with E-state index in [0.29, 0.717) is 42.4 Å². The van der Waals surface area contributed by atoms with E-state index in [1.807, 2.05) is 6.92 Å². The number of hydrogen-bond donors (Lipinski definition) is 5. The molecule has 9 aliphatic rings. The molecule has 54 heavy (non-hydrogen) atoms. The van der Waals surface area contributed by atoms with Crippen LogP contribution in [-0.2, 0) is 38.0 Å². The average molecular weight is 764 g/mol. The van der Waals surface area contributed by atoms with Crippen LogP contribution in [0, 0.1) is 40.4 Å². The second kappa shape index (κ2) is 14.1. The van der Waals surface area contributed by atoms with Gasteiger partial charge in [0.25, 0.3) is 0 Å². The lowest BCUT2D eigenvalue weighted by Crippen LogP contribution is -2.67. The van der Waals surface area contributed by atoms with Gasteiger partial charge in [-0.05, 0) is 108 Å². The van der Waals surface area contributed by atoms with Crippen LogP contribution in [0.1, 0.15) is 118 Å². The first-order valence-electron chi connectivity index (χ1n) is 21.3. The van der Waals surface area contributed by atoms with Crippen molar-refractivity contribution in [3.63, 3.8) is 0 Å². The zero-order chi connectivity index (χ0) is 37.9. The summed E-state index contributed by atoms with van der Waals surface area (Å²) < 4.78 is 44.2. The SMILES string of the molecule is C[C@@H]1O[C@H](O[C@@H]2[C@H](O)C[C@H](O[C@@H]3[C@H](O)C[C@H](O[C@@H]4CC[C@@]5(C)[C@H](CC[C@@H]6[C@@H]5CC[C@]5(C)[C@H]7CC[C@]65O[C@@H]5NC(=O)C[C@H]57)C4)O[C@@H]3C)O[C@@H]2C)C[C@H](O)[C@@H]1O. The van der Waals surface area contributed by atoms with E-state index in [1.165, 1.54) is 32.1 Å². The molecule has 5 N–H and O–H groups in total. The van der Waals surface area contributed by atoms with E-state index >= 15 is 0 Å². The number of hydrogen-bond acceptors (Lipinski definition) is 12. The second-order valence-corrected chi connectivity index (χ2v) is 19.4. The zero-order valence-electron chi connectivity index (χ0n) is 32.7. The molecule has 0 aromatic heterocycles. The fourth-order valence-electron chi connectivity index (χ4n) is 13.9. The summed E-state index contributed by atoms with van der Waals surface area (Å²) in [4.78, 5) is 12.5. The van der Waals surface area contributed by atoms with Crippen LogP contribution in [0.3, 0.4) is 0 Å². The van der Waals surface area contributed by atoms with E-state index < -0.39 is 73.8 Å². The fourth-order valence-corrected chi connectivity index (χ4v) is 13.9. The van der Waals surface area contributed by atoms with Crippen LogP contribution in [0.5, 0.6) is 0 Å². The molecule has 306 valence electrons. The molecular weight excluding hydrogens is 698 g/mol. The standard InChI is InChI=1S/C41H65NO12/c1-19-35(47)28(43)16-33(48-19)52-37-21(3)50-34(18-30(37)45)53-36-20(2)49-32(17-29(36)44)51-23-8-11-39(4)22(14-23)6-7-27-26(39)9-12-40(5)25-10-13-41(27,40)54-38-24(25)15-31(46)42-38/h19-30,32-38,43-45,47H,6-18H2,1-5H3,(H,42,46)/t19-,20+,21+,22+,23+,24-,25-,26-,27+,28-,29+,30+,32-,33+,34-,35+,36-,37-,38-,39-,40+,41-/m0/s1. The van der Waals surface area contributed by atoms with Crippen LogP contribution in [-0.4, -0.2) is 118 Å². The van der Waals surface area contributed by atoms with E-state index in [2.05, 4.69) is 19.2 Å². The van der Waals surface area contributed by atoms with E-state index in [0.717, 1.165) is 25.7 Å². The summed E-state index contributed by atoms with van der Waals surface area (Å²) in [6, 6.07) is 0. The molecule has 9 fully saturated rings. The third-order valence-electron chi connectivity index (χ3n) is 16.7. The Hall–Kier alpha value is -0.970. The molecule has 0 aromatic carbocycles. The van der Waals surface area contributed by atoms with Crippen molar-refractivity contribution < 1.29 is 58.4 Å². The lowest BCUT2D eigenvalue weighted by molar-refractivity contribution is -0.336. The molecule has 4 saturated carbocycles. The maximum absolute atomic E-state index is 12.5. The number of carbonyl (C=O) groups excluding carboxylic acids is 1. The summed E-state index contributed by atoms with van der Waals surface area (Å²) in [6.07, 6.45) is 2.48. The van der Waals surface area contributed by atoms with E-state index in [1.54, 1.807) is 13.8 Å². The summed E-state index contributed by atoms with van der Waals surface area (Å²) in [5.74, 6) is 2.76. The summed E-state index contributed by atoms with van der Waals surface area (Å²) in [5.41, 5.74) is 0.252. The van der Waals surface area contributed by atoms with Gasteiger partial charge >= 0.3 is 0 Å². The molecule has 9 rings (SSSR count). The molecular formula is C41H65NO12. The normalized spacial score (nSPS) is 58.4. The molecule has 5 aliphatic heterocycles. The first-order chi connectivity index (χ1) is 25.7. The van der Waals surface area contributed by atoms with Gasteiger partial charge in [0.1, 0.15) is 24.5 Å². The van der Waals surface area contributed by atoms with Crippen LogP contribution in [0.15, 0.2) is 0 Å². The van der Waals surface area contributed by atoms with Gasteiger partial charge < -0.3 is 58.9 Å². The minimum absolute atomic E-state index is 0.0693. The van der Waals surface area contributed by atoms with Crippen molar-refractivity contribution in [1.29, 1.82) is 0 Å². The maximum atomic E-state index is 12.5. The van der Waals surface area contributed by atoms with Crippen LogP contribution in [0.4, 0.5) is 0 Å². The highest BCUT2D eigenvalue weighted by Crippen LogP contribution is 2.73. The maximum Gasteiger partial charge on any atom is 0.222 e. The van der Waals surface area contributed by atoms with Crippen molar-refractivity contribution in [3.05, 3.63) is 0 Å². The number of aliphatic hydroxyl groups is 4. The minimum Gasteiger partial charge on any atom is -0.390 e. The number of nitrogens with one attached hydrogen (secondary N) is 1. The molecule has 0 unspecified atom stereocenters. The number of rotatable bonds is 6. The molecule has 1 amide bonds. The predicted molar refractivity (Wildman–Crippen MR) is 191 cm³/mol. The average Bonchev–Trinajstić information content (AvgIpc) is 3.57. The highest BCUT2D eigenvalue weighted by Gasteiger charge is 2.73. The smallest absolute Gasteiger partial charge is 0.222 e.